The van der Waals surface area contributed by atoms with Crippen LogP contribution in [0.5, 0.6) is 0 Å². The van der Waals surface area contributed by atoms with Crippen LogP contribution in [0, 0.1) is 10.1 Å². The number of esters is 1. The number of hydrogen-bond acceptors (Lipinski definition) is 9. The van der Waals surface area contributed by atoms with Crippen LogP contribution in [-0.4, -0.2) is 67.4 Å². The summed E-state index contributed by atoms with van der Waals surface area (Å²) in [6.45, 7) is 0.894. The molecule has 0 spiro atoms. The highest BCUT2D eigenvalue weighted by atomic mass is 35.5. The Kier molecular flexibility index (Phi) is 10.4. The van der Waals surface area contributed by atoms with Crippen LogP contribution in [0.25, 0.3) is 0 Å². The molecule has 6 N–H and O–H groups in total. The summed E-state index contributed by atoms with van der Waals surface area (Å²) in [6.07, 6.45) is 1.40. The summed E-state index contributed by atoms with van der Waals surface area (Å²) in [7, 11) is 0. The normalized spacial score (nSPS) is 14.5. The van der Waals surface area contributed by atoms with Gasteiger partial charge in [-0.2, -0.15) is 0 Å². The molecule has 35 heavy (non-hydrogen) atoms. The molecule has 1 heterocycles. The van der Waals surface area contributed by atoms with Crippen LogP contribution < -0.4 is 16.4 Å². The first-order chi connectivity index (χ1) is 16.5. The zero-order valence-electron chi connectivity index (χ0n) is 18.4. The number of nitrogens with zero attached hydrogens (tertiary/aromatic N) is 2. The Labute approximate surface area is 209 Å². The van der Waals surface area contributed by atoms with Gasteiger partial charge in [-0.1, -0.05) is 23.2 Å². The third-order valence-electron chi connectivity index (χ3n) is 4.75. The molecule has 4 atom stereocenters. The summed E-state index contributed by atoms with van der Waals surface area (Å²) in [5.74, 6) is -2.35. The first kappa shape index (κ1) is 28.0. The second-order valence-electron chi connectivity index (χ2n) is 7.47. The fourth-order valence-electron chi connectivity index (χ4n) is 2.87. The highest BCUT2D eigenvalue weighted by Crippen LogP contribution is 2.21. The summed E-state index contributed by atoms with van der Waals surface area (Å²) in [5.41, 5.74) is 6.08. The van der Waals surface area contributed by atoms with E-state index in [0.29, 0.717) is 5.69 Å². The molecule has 2 rings (SSSR count). The smallest absolute Gasteiger partial charge is 0.329 e. The van der Waals surface area contributed by atoms with E-state index in [2.05, 4.69) is 20.6 Å². The number of aliphatic hydroxyl groups excluding tert-OH is 1. The number of rotatable bonds is 12. The van der Waals surface area contributed by atoms with Crippen molar-refractivity contribution in [3.63, 3.8) is 0 Å². The van der Waals surface area contributed by atoms with Gasteiger partial charge in [0.1, 0.15) is 18.8 Å². The monoisotopic (exact) mass is 530 g/mol. The summed E-state index contributed by atoms with van der Waals surface area (Å²) >= 11 is 11.2. The maximum absolute atomic E-state index is 12.8. The predicted octanol–water partition coefficient (Wildman–Crippen LogP) is 0.258. The number of carbonyl (C=O) groups excluding carboxylic acids is 3. The molecule has 0 aliphatic heterocycles. The summed E-state index contributed by atoms with van der Waals surface area (Å²) in [6, 6.07) is 1.62. The van der Waals surface area contributed by atoms with Gasteiger partial charge in [-0.3, -0.25) is 19.7 Å². The third kappa shape index (κ3) is 8.47. The lowest BCUT2D eigenvalue weighted by Gasteiger charge is -2.26. The molecule has 2 aromatic rings. The lowest BCUT2D eigenvalue weighted by Crippen LogP contribution is -2.50. The second-order valence-corrected chi connectivity index (χ2v) is 8.57. The Morgan fingerprint density at radius 1 is 1.23 bits per heavy atom. The van der Waals surface area contributed by atoms with E-state index in [9.17, 15) is 29.6 Å². The van der Waals surface area contributed by atoms with E-state index in [1.807, 2.05) is 0 Å². The predicted molar refractivity (Wildman–Crippen MR) is 124 cm³/mol. The SMILES string of the molecule is C[C@H](N)C(=O)N[C@@H](Cc1cnc[nH]1)C(=O)OC[C@@H](NC(=O)C(Cl)Cl)[C@H](O)c1ccc([N+](=O)[O-])cc1. The molecule has 0 unspecified atom stereocenters. The minimum Gasteiger partial charge on any atom is -0.462 e. The van der Waals surface area contributed by atoms with Crippen molar-refractivity contribution < 1.29 is 29.2 Å². The maximum Gasteiger partial charge on any atom is 0.329 e. The molecule has 0 aliphatic carbocycles. The number of imidazole rings is 1. The Bertz CT molecular complexity index is 1020. The zero-order valence-corrected chi connectivity index (χ0v) is 19.9. The number of H-pyrrole nitrogens is 1. The number of nitrogens with two attached hydrogens (primary N) is 1. The van der Waals surface area contributed by atoms with E-state index in [-0.39, 0.29) is 17.7 Å². The summed E-state index contributed by atoms with van der Waals surface area (Å²) in [4.78, 5) is 52.3. The molecule has 0 saturated carbocycles. The van der Waals surface area contributed by atoms with Gasteiger partial charge >= 0.3 is 5.97 Å². The van der Waals surface area contributed by atoms with Crippen LogP contribution in [-0.2, 0) is 25.5 Å². The molecule has 2 amide bonds. The number of nitrogens with one attached hydrogen (secondary N) is 3. The van der Waals surface area contributed by atoms with Crippen molar-refractivity contribution in [2.45, 2.75) is 42.4 Å². The largest absolute Gasteiger partial charge is 0.462 e. The number of aliphatic hydroxyl groups is 1. The lowest BCUT2D eigenvalue weighted by atomic mass is 10.0. The van der Waals surface area contributed by atoms with Crippen molar-refractivity contribution in [2.24, 2.45) is 5.73 Å². The number of halogens is 2. The average molecular weight is 531 g/mol. The number of carbonyl (C=O) groups is 3. The van der Waals surface area contributed by atoms with Crippen molar-refractivity contribution in [1.29, 1.82) is 0 Å². The van der Waals surface area contributed by atoms with E-state index in [1.165, 1.54) is 43.7 Å². The van der Waals surface area contributed by atoms with Gasteiger partial charge in [0, 0.05) is 30.4 Å². The average Bonchev–Trinajstić information content (AvgIpc) is 3.33. The number of amides is 2. The molecule has 15 heteroatoms. The van der Waals surface area contributed by atoms with Gasteiger partial charge in [-0.05, 0) is 24.6 Å². The molecule has 0 saturated heterocycles. The number of non-ortho nitro benzene ring substituents is 1. The van der Waals surface area contributed by atoms with Crippen molar-refractivity contribution in [3.05, 3.63) is 58.2 Å². The maximum atomic E-state index is 12.8. The van der Waals surface area contributed by atoms with Gasteiger partial charge < -0.3 is 31.2 Å². The van der Waals surface area contributed by atoms with Crippen molar-refractivity contribution in [1.82, 2.24) is 20.6 Å². The van der Waals surface area contributed by atoms with E-state index < -0.39 is 58.4 Å². The Morgan fingerprint density at radius 3 is 2.40 bits per heavy atom. The van der Waals surface area contributed by atoms with Gasteiger partial charge in [0.05, 0.1) is 23.3 Å². The standard InChI is InChI=1S/C20H24Cl2N6O7/c1-10(23)18(30)26-14(6-12-7-24-9-25-12)20(32)35-8-15(27-19(31)17(21)22)16(29)11-2-4-13(5-3-11)28(33)34/h2-5,7,9-10,14-17,29H,6,8,23H2,1H3,(H,24,25)(H,26,30)(H,27,31)/t10-,14-,15+,16+/m0/s1. The first-order valence-corrected chi connectivity index (χ1v) is 11.1. The van der Waals surface area contributed by atoms with Crippen molar-refractivity contribution in [2.75, 3.05) is 6.61 Å². The van der Waals surface area contributed by atoms with E-state index in [1.54, 1.807) is 0 Å². The van der Waals surface area contributed by atoms with Gasteiger partial charge in [-0.25, -0.2) is 9.78 Å². The van der Waals surface area contributed by atoms with Crippen LogP contribution in [0.2, 0.25) is 0 Å². The van der Waals surface area contributed by atoms with Crippen LogP contribution in [0.15, 0.2) is 36.8 Å². The summed E-state index contributed by atoms with van der Waals surface area (Å²) in [5, 5.41) is 26.5. The number of alkyl halides is 2. The van der Waals surface area contributed by atoms with E-state index in [0.717, 1.165) is 0 Å². The van der Waals surface area contributed by atoms with E-state index >= 15 is 0 Å². The van der Waals surface area contributed by atoms with Gasteiger partial charge in [-0.15, -0.1) is 0 Å². The molecule has 13 nitrogen and oxygen atoms in total. The van der Waals surface area contributed by atoms with Gasteiger partial charge in [0.15, 0.2) is 4.84 Å². The summed E-state index contributed by atoms with van der Waals surface area (Å²) < 4.78 is 5.28. The minimum atomic E-state index is -1.48. The Hall–Kier alpha value is -3.26. The molecule has 0 bridgehead atoms. The number of nitro groups is 1. The van der Waals surface area contributed by atoms with Crippen LogP contribution in [0.3, 0.4) is 0 Å². The highest BCUT2D eigenvalue weighted by molar-refractivity contribution is 6.53. The second kappa shape index (κ2) is 13.0. The molecule has 0 radical (unpaired) electrons. The zero-order chi connectivity index (χ0) is 26.1. The van der Waals surface area contributed by atoms with Gasteiger partial charge in [0.25, 0.3) is 11.6 Å². The lowest BCUT2D eigenvalue weighted by molar-refractivity contribution is -0.384. The fraction of sp³-hybridized carbons (Fsp3) is 0.400. The molecular formula is C20H24Cl2N6O7. The number of nitro benzene ring substituents is 1. The number of ether oxygens (including phenoxy) is 1. The number of benzene rings is 1. The molecule has 1 aromatic heterocycles. The third-order valence-corrected chi connectivity index (χ3v) is 5.15. The van der Waals surface area contributed by atoms with Crippen LogP contribution >= 0.6 is 23.2 Å². The number of hydrogen-bond donors (Lipinski definition) is 5. The molecular weight excluding hydrogens is 507 g/mol. The Morgan fingerprint density at radius 2 is 1.89 bits per heavy atom. The number of aromatic nitrogens is 2. The molecule has 0 aliphatic rings. The quantitative estimate of drug-likeness (QED) is 0.110. The van der Waals surface area contributed by atoms with Crippen molar-refractivity contribution >= 4 is 46.7 Å². The Balaban J connectivity index is 2.18. The highest BCUT2D eigenvalue weighted by Gasteiger charge is 2.30. The van der Waals surface area contributed by atoms with Crippen LogP contribution in [0.4, 0.5) is 5.69 Å². The molecule has 0 fully saturated rings. The van der Waals surface area contributed by atoms with Crippen molar-refractivity contribution in [3.8, 4) is 0 Å². The first-order valence-electron chi connectivity index (χ1n) is 10.2. The fourth-order valence-corrected chi connectivity index (χ4v) is 2.99. The van der Waals surface area contributed by atoms with Gasteiger partial charge in [0.2, 0.25) is 5.91 Å². The topological polar surface area (TPSA) is 203 Å². The van der Waals surface area contributed by atoms with E-state index in [4.69, 9.17) is 33.7 Å². The number of aromatic amines is 1. The molecule has 190 valence electrons. The minimum absolute atomic E-state index is 0.00462. The van der Waals surface area contributed by atoms with Crippen LogP contribution in [0.1, 0.15) is 24.3 Å². The molecule has 1 aromatic carbocycles.